The normalized spacial score (nSPS) is 12.4. The van der Waals surface area contributed by atoms with Crippen LogP contribution in [0.15, 0.2) is 58.3 Å². The third kappa shape index (κ3) is 16.1. The van der Waals surface area contributed by atoms with Gasteiger partial charge in [0.25, 0.3) is 0 Å². The Labute approximate surface area is 253 Å². The van der Waals surface area contributed by atoms with Gasteiger partial charge in [-0.2, -0.15) is 39.5 Å². The van der Waals surface area contributed by atoms with Gasteiger partial charge in [-0.25, -0.2) is 33.7 Å². The van der Waals surface area contributed by atoms with Gasteiger partial charge in [0.1, 0.15) is 11.5 Å². The zero-order valence-corrected chi connectivity index (χ0v) is 25.5. The van der Waals surface area contributed by atoms with Crippen molar-refractivity contribution in [2.45, 2.75) is 26.3 Å². The predicted molar refractivity (Wildman–Crippen MR) is 124 cm³/mol. The molecule has 0 aromatic heterocycles. The number of hydrogen-bond acceptors (Lipinski definition) is 13. The summed E-state index contributed by atoms with van der Waals surface area (Å²) in [5.74, 6) is 1.24. The predicted octanol–water partition coefficient (Wildman–Crippen LogP) is 2.31. The van der Waals surface area contributed by atoms with Crippen LogP contribution >= 0.6 is 0 Å². The minimum atomic E-state index is -6.09. The zero-order valence-electron chi connectivity index (χ0n) is 21.0. The molecule has 0 fully saturated rings. The molecule has 0 saturated carbocycles. The summed E-state index contributed by atoms with van der Waals surface area (Å²) in [6.45, 7) is 0. The van der Waals surface area contributed by atoms with Crippen molar-refractivity contribution < 1.29 is 96.3 Å². The van der Waals surface area contributed by atoms with Gasteiger partial charge >= 0.3 is 33.9 Å². The van der Waals surface area contributed by atoms with Gasteiger partial charge in [0.15, 0.2) is 30.4 Å². The van der Waals surface area contributed by atoms with Crippen molar-refractivity contribution in [2.75, 3.05) is 14.2 Å². The van der Waals surface area contributed by atoms with Crippen molar-refractivity contribution in [3.63, 3.8) is 0 Å². The van der Waals surface area contributed by atoms with Crippen molar-refractivity contribution in [1.29, 1.82) is 0 Å². The molecule has 0 spiro atoms. The number of ether oxygens (including phenoxy) is 2. The van der Waals surface area contributed by atoms with E-state index in [1.807, 2.05) is 0 Å². The third-order valence-electron chi connectivity index (χ3n) is 3.59. The second kappa shape index (κ2) is 16.8. The number of methoxy groups -OCH3 is 2. The molecular weight excluding hydrogens is 738 g/mol. The SMILES string of the molecule is COc1ccc(S(=O)(=O)c2ccc(OC)cc2)cc1.O=S(=O)([O-])C(F)(F)F.O=S(=O)([O-])C(F)(F)F.O=S(=O)([O-])C(F)(F)F.[Al+3]. The molecule has 2 aromatic rings. The minimum absolute atomic E-state index is 0. The minimum Gasteiger partial charge on any atom is -0.741 e. The number of benzene rings is 2. The van der Waals surface area contributed by atoms with Gasteiger partial charge in [-0.3, -0.25) is 0 Å². The van der Waals surface area contributed by atoms with E-state index < -0.39 is 56.7 Å². The summed E-state index contributed by atoms with van der Waals surface area (Å²) in [6, 6.07) is 12.6. The first kappa shape index (κ1) is 46.0. The van der Waals surface area contributed by atoms with Crippen molar-refractivity contribution >= 4 is 57.6 Å². The van der Waals surface area contributed by atoms with Gasteiger partial charge in [0, 0.05) is 0 Å². The molecule has 0 saturated heterocycles. The molecule has 0 bridgehead atoms. The van der Waals surface area contributed by atoms with Crippen LogP contribution in [-0.4, -0.2) is 95.4 Å². The maximum atomic E-state index is 12.4. The van der Waals surface area contributed by atoms with Crippen LogP contribution in [0, 0.1) is 0 Å². The van der Waals surface area contributed by atoms with E-state index in [4.69, 9.17) is 48.4 Å². The Morgan fingerprint density at radius 1 is 0.477 bits per heavy atom. The van der Waals surface area contributed by atoms with E-state index in [9.17, 15) is 47.9 Å². The molecule has 0 aliphatic heterocycles. The number of sulfone groups is 1. The fourth-order valence-corrected chi connectivity index (χ4v) is 2.91. The summed E-state index contributed by atoms with van der Waals surface area (Å²) in [4.78, 5) is 0.469. The van der Waals surface area contributed by atoms with Crippen LogP contribution in [0.2, 0.25) is 0 Å². The molecule has 0 N–H and O–H groups in total. The number of rotatable bonds is 4. The third-order valence-corrected chi connectivity index (χ3v) is 7.08. The van der Waals surface area contributed by atoms with Crippen molar-refractivity contribution in [3.8, 4) is 11.5 Å². The van der Waals surface area contributed by atoms with Gasteiger partial charge in [0.05, 0.1) is 24.0 Å². The zero-order chi connectivity index (χ0) is 34.9. The van der Waals surface area contributed by atoms with Gasteiger partial charge < -0.3 is 23.1 Å². The van der Waals surface area contributed by atoms with E-state index in [1.165, 1.54) is 38.5 Å². The fourth-order valence-electron chi connectivity index (χ4n) is 1.65. The topological polar surface area (TPSA) is 224 Å². The Morgan fingerprint density at radius 2 is 0.636 bits per heavy atom. The van der Waals surface area contributed by atoms with Crippen molar-refractivity contribution in [2.24, 2.45) is 0 Å². The Hall–Kier alpha value is -2.38. The monoisotopic (exact) mass is 752 g/mol. The first-order valence-corrected chi connectivity index (χ1v) is 15.1. The summed E-state index contributed by atoms with van der Waals surface area (Å²) in [5, 5.41) is 0. The van der Waals surface area contributed by atoms with Gasteiger partial charge in [-0.1, -0.05) is 0 Å². The Balaban J connectivity index is -0.000000567. The molecule has 0 radical (unpaired) electrons. The van der Waals surface area contributed by atoms with E-state index in [0.717, 1.165) is 0 Å². The van der Waals surface area contributed by atoms with Gasteiger partial charge in [-0.05, 0) is 48.5 Å². The quantitative estimate of drug-likeness (QED) is 0.189. The van der Waals surface area contributed by atoms with Crippen molar-refractivity contribution in [3.05, 3.63) is 48.5 Å². The summed E-state index contributed by atoms with van der Waals surface area (Å²) in [6.07, 6.45) is 0. The average molecular weight is 753 g/mol. The van der Waals surface area contributed by atoms with E-state index in [-0.39, 0.29) is 27.2 Å². The van der Waals surface area contributed by atoms with E-state index in [0.29, 0.717) is 11.5 Å². The van der Waals surface area contributed by atoms with Gasteiger partial charge in [0.2, 0.25) is 9.84 Å². The maximum absolute atomic E-state index is 12.4. The summed E-state index contributed by atoms with van der Waals surface area (Å²) in [7, 11) is -18.7. The van der Waals surface area contributed by atoms with E-state index in [1.54, 1.807) is 24.3 Å². The van der Waals surface area contributed by atoms with Crippen LogP contribution in [-0.2, 0) is 40.2 Å². The van der Waals surface area contributed by atoms with Crippen LogP contribution in [0.3, 0.4) is 0 Å². The van der Waals surface area contributed by atoms with Gasteiger partial charge in [-0.15, -0.1) is 0 Å². The van der Waals surface area contributed by atoms with Crippen LogP contribution in [0.1, 0.15) is 0 Å². The molecule has 0 aliphatic carbocycles. The summed E-state index contributed by atoms with van der Waals surface area (Å²) >= 11 is 0. The number of alkyl halides is 9. The molecule has 2 rings (SSSR count). The molecule has 0 atom stereocenters. The largest absolute Gasteiger partial charge is 3.00 e. The van der Waals surface area contributed by atoms with Crippen molar-refractivity contribution in [1.82, 2.24) is 0 Å². The number of halogens is 9. The average Bonchev–Trinajstić information content (AvgIpc) is 2.81. The van der Waals surface area contributed by atoms with Crippen LogP contribution in [0.5, 0.6) is 11.5 Å². The second-order valence-electron chi connectivity index (χ2n) is 6.55. The molecule has 0 unspecified atom stereocenters. The smallest absolute Gasteiger partial charge is 0.741 e. The Morgan fingerprint density at radius 3 is 0.750 bits per heavy atom. The summed E-state index contributed by atoms with van der Waals surface area (Å²) in [5.41, 5.74) is -16.9. The Bertz CT molecular complexity index is 1450. The first-order valence-electron chi connectivity index (χ1n) is 9.42. The fraction of sp³-hybridized carbons (Fsp3) is 0.294. The van der Waals surface area contributed by atoms with E-state index in [2.05, 4.69) is 0 Å². The molecule has 27 heteroatoms. The molecule has 0 aliphatic rings. The molecular formula is C17H14AlF9O13S4. The molecule has 2 aromatic carbocycles. The second-order valence-corrected chi connectivity index (χ2v) is 12.6. The maximum Gasteiger partial charge on any atom is 3.00 e. The molecule has 0 heterocycles. The Kier molecular flexibility index (Phi) is 17.6. The standard InChI is InChI=1S/C14H14O4S.3CHF3O3S.Al/c1-17-11-3-7-13(8-4-11)19(15,16)14-9-5-12(18-2)6-10-14;3*2-1(3,4)8(5,6)7;/h3-10H,1-2H3;3*(H,5,6,7);/q;;;;+3/p-3. The summed E-state index contributed by atoms with van der Waals surface area (Å²) < 4.78 is 211. The number of hydrogen-bond donors (Lipinski definition) is 0. The van der Waals surface area contributed by atoms with Crippen LogP contribution in [0.25, 0.3) is 0 Å². The molecule has 0 amide bonds. The van der Waals surface area contributed by atoms with Crippen LogP contribution < -0.4 is 9.47 Å². The van der Waals surface area contributed by atoms with Crippen LogP contribution in [0.4, 0.5) is 39.5 Å². The molecule has 13 nitrogen and oxygen atoms in total. The first-order chi connectivity index (χ1) is 18.8. The molecule has 250 valence electrons. The molecule has 44 heavy (non-hydrogen) atoms. The van der Waals surface area contributed by atoms with E-state index >= 15 is 0 Å².